The van der Waals surface area contributed by atoms with Crippen LogP contribution in [0.25, 0.3) is 0 Å². The Morgan fingerprint density at radius 1 is 1.21 bits per heavy atom. The summed E-state index contributed by atoms with van der Waals surface area (Å²) >= 11 is 0. The van der Waals surface area contributed by atoms with E-state index in [0.717, 1.165) is 0 Å². The Morgan fingerprint density at radius 3 is 2.53 bits per heavy atom. The van der Waals surface area contributed by atoms with Crippen LogP contribution in [0.1, 0.15) is 31.4 Å². The lowest BCUT2D eigenvalue weighted by Gasteiger charge is -2.40. The van der Waals surface area contributed by atoms with Crippen LogP contribution in [0, 0.1) is 0 Å². The molecule has 3 rings (SSSR count). The van der Waals surface area contributed by atoms with Gasteiger partial charge in [0.1, 0.15) is 17.0 Å². The molecule has 0 aromatic carbocycles. The second kappa shape index (κ2) is 4.74. The first-order chi connectivity index (χ1) is 9.18. The van der Waals surface area contributed by atoms with Gasteiger partial charge in [0.15, 0.2) is 5.79 Å². The molecule has 2 heterocycles. The summed E-state index contributed by atoms with van der Waals surface area (Å²) in [6.07, 6.45) is 4.19. The molecule has 1 spiro atoms. The highest BCUT2D eigenvalue weighted by molar-refractivity contribution is 5.32. The third-order valence-corrected chi connectivity index (χ3v) is 4.08. The predicted octanol–water partition coefficient (Wildman–Crippen LogP) is 1.59. The normalized spacial score (nSPS) is 24.5. The zero-order valence-electron chi connectivity index (χ0n) is 11.1. The number of methoxy groups -OCH3 is 1. The van der Waals surface area contributed by atoms with Gasteiger partial charge in [0, 0.05) is 19.0 Å². The molecule has 1 aromatic rings. The summed E-state index contributed by atoms with van der Waals surface area (Å²) in [4.78, 5) is 4.30. The van der Waals surface area contributed by atoms with Gasteiger partial charge < -0.3 is 19.3 Å². The third kappa shape index (κ3) is 2.22. The summed E-state index contributed by atoms with van der Waals surface area (Å²) in [6, 6.07) is 3.63. The maximum Gasteiger partial charge on any atom is 0.168 e. The van der Waals surface area contributed by atoms with Crippen LogP contribution in [-0.2, 0) is 15.1 Å². The first-order valence-electron chi connectivity index (χ1n) is 6.67. The molecule has 0 unspecified atom stereocenters. The van der Waals surface area contributed by atoms with E-state index in [0.29, 0.717) is 50.3 Å². The molecule has 1 N–H and O–H groups in total. The quantitative estimate of drug-likeness (QED) is 0.880. The van der Waals surface area contributed by atoms with Gasteiger partial charge in [0.25, 0.3) is 0 Å². The minimum absolute atomic E-state index is 0.478. The van der Waals surface area contributed by atoms with Gasteiger partial charge in [-0.1, -0.05) is 0 Å². The maximum absolute atomic E-state index is 10.8. The maximum atomic E-state index is 10.8. The van der Waals surface area contributed by atoms with Gasteiger partial charge in [-0.05, 0) is 25.0 Å². The fourth-order valence-corrected chi connectivity index (χ4v) is 2.97. The topological polar surface area (TPSA) is 60.8 Å². The van der Waals surface area contributed by atoms with Crippen LogP contribution in [0.2, 0.25) is 0 Å². The van der Waals surface area contributed by atoms with Crippen molar-refractivity contribution in [2.75, 3.05) is 20.3 Å². The average Bonchev–Trinajstić information content (AvgIpc) is 2.91. The zero-order chi connectivity index (χ0) is 13.3. The molecule has 1 saturated heterocycles. The summed E-state index contributed by atoms with van der Waals surface area (Å²) < 4.78 is 16.7. The highest BCUT2D eigenvalue weighted by Gasteiger charge is 2.47. The highest BCUT2D eigenvalue weighted by Crippen LogP contribution is 2.46. The molecule has 0 radical (unpaired) electrons. The van der Waals surface area contributed by atoms with Crippen molar-refractivity contribution in [1.82, 2.24) is 4.98 Å². The molecule has 1 aliphatic carbocycles. The Labute approximate surface area is 112 Å². The largest absolute Gasteiger partial charge is 0.495 e. The van der Waals surface area contributed by atoms with Gasteiger partial charge >= 0.3 is 0 Å². The molecule has 0 amide bonds. The monoisotopic (exact) mass is 265 g/mol. The summed E-state index contributed by atoms with van der Waals surface area (Å²) in [5.74, 6) is 0.156. The Morgan fingerprint density at radius 2 is 1.89 bits per heavy atom. The van der Waals surface area contributed by atoms with E-state index in [1.54, 1.807) is 19.4 Å². The standard InChI is InChI=1S/C14H19NO4/c1-17-11-3-2-8-15-12(11)13(16)4-6-14(7-5-13)18-9-10-19-14/h2-3,8,16H,4-7,9-10H2,1H3. The Bertz CT molecular complexity index is 447. The average molecular weight is 265 g/mol. The fourth-order valence-electron chi connectivity index (χ4n) is 2.97. The van der Waals surface area contributed by atoms with Crippen molar-refractivity contribution in [1.29, 1.82) is 0 Å². The van der Waals surface area contributed by atoms with Crippen molar-refractivity contribution in [2.45, 2.75) is 37.1 Å². The number of hydrogen-bond acceptors (Lipinski definition) is 5. The van der Waals surface area contributed by atoms with Gasteiger partial charge in [-0.3, -0.25) is 4.98 Å². The van der Waals surface area contributed by atoms with E-state index in [1.165, 1.54) is 0 Å². The molecular weight excluding hydrogens is 246 g/mol. The number of ether oxygens (including phenoxy) is 3. The molecule has 2 fully saturated rings. The second-order valence-electron chi connectivity index (χ2n) is 5.19. The molecular formula is C14H19NO4. The van der Waals surface area contributed by atoms with E-state index in [2.05, 4.69) is 4.98 Å². The fraction of sp³-hybridized carbons (Fsp3) is 0.643. The van der Waals surface area contributed by atoms with Gasteiger partial charge in [0.05, 0.1) is 20.3 Å². The number of nitrogens with zero attached hydrogens (tertiary/aromatic N) is 1. The van der Waals surface area contributed by atoms with E-state index in [1.807, 2.05) is 6.07 Å². The van der Waals surface area contributed by atoms with Gasteiger partial charge in [-0.15, -0.1) is 0 Å². The first-order valence-corrected chi connectivity index (χ1v) is 6.67. The SMILES string of the molecule is COc1cccnc1C1(O)CCC2(CC1)OCCO2. The number of pyridine rings is 1. The van der Waals surface area contributed by atoms with Gasteiger partial charge in [-0.2, -0.15) is 0 Å². The van der Waals surface area contributed by atoms with Crippen LogP contribution in [0.5, 0.6) is 5.75 Å². The second-order valence-corrected chi connectivity index (χ2v) is 5.19. The van der Waals surface area contributed by atoms with E-state index in [9.17, 15) is 5.11 Å². The van der Waals surface area contributed by atoms with Crippen molar-refractivity contribution in [3.8, 4) is 5.75 Å². The van der Waals surface area contributed by atoms with Crippen molar-refractivity contribution in [3.05, 3.63) is 24.0 Å². The molecule has 104 valence electrons. The Balaban J connectivity index is 1.81. The van der Waals surface area contributed by atoms with Crippen molar-refractivity contribution in [2.24, 2.45) is 0 Å². The molecule has 0 atom stereocenters. The van der Waals surface area contributed by atoms with E-state index >= 15 is 0 Å². The Hall–Kier alpha value is -1.17. The molecule has 5 nitrogen and oxygen atoms in total. The van der Waals surface area contributed by atoms with Crippen LogP contribution >= 0.6 is 0 Å². The van der Waals surface area contributed by atoms with Crippen LogP contribution in [0.3, 0.4) is 0 Å². The minimum atomic E-state index is -0.951. The lowest BCUT2D eigenvalue weighted by atomic mass is 9.79. The number of rotatable bonds is 2. The lowest BCUT2D eigenvalue weighted by molar-refractivity contribution is -0.205. The van der Waals surface area contributed by atoms with E-state index in [4.69, 9.17) is 14.2 Å². The van der Waals surface area contributed by atoms with Gasteiger partial charge in [-0.25, -0.2) is 0 Å². The number of aliphatic hydroxyl groups is 1. The van der Waals surface area contributed by atoms with Gasteiger partial charge in [0.2, 0.25) is 0 Å². The van der Waals surface area contributed by atoms with E-state index < -0.39 is 11.4 Å². The smallest absolute Gasteiger partial charge is 0.168 e. The lowest BCUT2D eigenvalue weighted by Crippen LogP contribution is -2.42. The summed E-state index contributed by atoms with van der Waals surface area (Å²) in [5, 5.41) is 10.8. The first kappa shape index (κ1) is 12.8. The zero-order valence-corrected chi connectivity index (χ0v) is 11.1. The summed E-state index contributed by atoms with van der Waals surface area (Å²) in [7, 11) is 1.59. The molecule has 1 saturated carbocycles. The van der Waals surface area contributed by atoms with Crippen LogP contribution in [-0.4, -0.2) is 36.2 Å². The predicted molar refractivity (Wildman–Crippen MR) is 67.8 cm³/mol. The molecule has 5 heteroatoms. The summed E-state index contributed by atoms with van der Waals surface area (Å²) in [6.45, 7) is 1.29. The summed E-state index contributed by atoms with van der Waals surface area (Å²) in [5.41, 5.74) is -0.335. The molecule has 19 heavy (non-hydrogen) atoms. The van der Waals surface area contributed by atoms with Crippen molar-refractivity contribution < 1.29 is 19.3 Å². The third-order valence-electron chi connectivity index (χ3n) is 4.08. The Kier molecular flexibility index (Phi) is 3.20. The van der Waals surface area contributed by atoms with Crippen LogP contribution < -0.4 is 4.74 Å². The molecule has 1 aliphatic heterocycles. The molecule has 2 aliphatic rings. The van der Waals surface area contributed by atoms with Crippen molar-refractivity contribution in [3.63, 3.8) is 0 Å². The minimum Gasteiger partial charge on any atom is -0.495 e. The van der Waals surface area contributed by atoms with Crippen LogP contribution in [0.15, 0.2) is 18.3 Å². The molecule has 1 aromatic heterocycles. The van der Waals surface area contributed by atoms with Crippen molar-refractivity contribution >= 4 is 0 Å². The van der Waals surface area contributed by atoms with Crippen LogP contribution in [0.4, 0.5) is 0 Å². The number of aromatic nitrogens is 1. The highest BCUT2D eigenvalue weighted by atomic mass is 16.7. The van der Waals surface area contributed by atoms with E-state index in [-0.39, 0.29) is 0 Å². The number of hydrogen-bond donors (Lipinski definition) is 1. The molecule has 0 bridgehead atoms.